The van der Waals surface area contributed by atoms with Gasteiger partial charge in [-0.05, 0) is 36.5 Å². The van der Waals surface area contributed by atoms with Gasteiger partial charge < -0.3 is 15.0 Å². The molecule has 5 nitrogen and oxygen atoms in total. The first-order chi connectivity index (χ1) is 12.6. The molecule has 2 unspecified atom stereocenters. The lowest BCUT2D eigenvalue weighted by Gasteiger charge is -2.37. The van der Waals surface area contributed by atoms with Crippen molar-refractivity contribution in [3.63, 3.8) is 0 Å². The lowest BCUT2D eigenvalue weighted by atomic mass is 9.86. The van der Waals surface area contributed by atoms with E-state index in [1.807, 2.05) is 11.0 Å². The van der Waals surface area contributed by atoms with Crippen molar-refractivity contribution in [3.05, 3.63) is 29.6 Å². The zero-order valence-corrected chi connectivity index (χ0v) is 15.8. The lowest BCUT2D eigenvalue weighted by molar-refractivity contribution is 0.129. The third-order valence-electron chi connectivity index (χ3n) is 5.70. The average Bonchev–Trinajstić information content (AvgIpc) is 2.64. The largest absolute Gasteiger partial charge is 0.494 e. The van der Waals surface area contributed by atoms with E-state index in [0.717, 1.165) is 25.1 Å². The molecule has 1 heterocycles. The van der Waals surface area contributed by atoms with Gasteiger partial charge in [0.15, 0.2) is 11.6 Å². The second kappa shape index (κ2) is 8.71. The summed E-state index contributed by atoms with van der Waals surface area (Å²) in [4.78, 5) is 16.7. The Morgan fingerprint density at radius 2 is 1.96 bits per heavy atom. The molecule has 1 aromatic carbocycles. The van der Waals surface area contributed by atoms with E-state index in [0.29, 0.717) is 31.6 Å². The average molecular weight is 363 g/mol. The first kappa shape index (κ1) is 19.0. The number of urea groups is 1. The molecule has 1 saturated carbocycles. The first-order valence-electron chi connectivity index (χ1n) is 9.67. The van der Waals surface area contributed by atoms with Gasteiger partial charge in [0.05, 0.1) is 7.11 Å². The van der Waals surface area contributed by atoms with Crippen LogP contribution in [-0.4, -0.2) is 55.2 Å². The number of hydrogen-bond acceptors (Lipinski definition) is 3. The number of amides is 2. The molecule has 1 aliphatic heterocycles. The summed E-state index contributed by atoms with van der Waals surface area (Å²) in [7, 11) is 1.47. The van der Waals surface area contributed by atoms with Crippen LogP contribution in [0.25, 0.3) is 0 Å². The summed E-state index contributed by atoms with van der Waals surface area (Å²) < 4.78 is 18.8. The molecule has 6 heteroatoms. The Morgan fingerprint density at radius 3 is 2.62 bits per heavy atom. The van der Waals surface area contributed by atoms with Gasteiger partial charge in [0.2, 0.25) is 0 Å². The topological polar surface area (TPSA) is 44.8 Å². The van der Waals surface area contributed by atoms with Gasteiger partial charge in [0.25, 0.3) is 0 Å². The molecule has 1 aromatic rings. The monoisotopic (exact) mass is 363 g/mol. The maximum atomic E-state index is 13.8. The van der Waals surface area contributed by atoms with Crippen LogP contribution in [0.1, 0.15) is 38.2 Å². The van der Waals surface area contributed by atoms with E-state index in [1.54, 1.807) is 6.07 Å². The second-order valence-electron chi connectivity index (χ2n) is 7.55. The van der Waals surface area contributed by atoms with Gasteiger partial charge in [0, 0.05) is 38.8 Å². The van der Waals surface area contributed by atoms with E-state index in [2.05, 4.69) is 17.1 Å². The molecule has 0 aromatic heterocycles. The standard InChI is InChI=1S/C20H30FN3O2/c1-15-5-3-4-6-18(15)22-20(25)24-11-9-23(10-12-24)14-16-7-8-19(26-2)17(21)13-16/h7-8,13,15,18H,3-6,9-12,14H2,1-2H3,(H,22,25). The first-order valence-corrected chi connectivity index (χ1v) is 9.67. The molecule has 144 valence electrons. The minimum Gasteiger partial charge on any atom is -0.494 e. The smallest absolute Gasteiger partial charge is 0.317 e. The van der Waals surface area contributed by atoms with E-state index in [-0.39, 0.29) is 17.6 Å². The minimum absolute atomic E-state index is 0.0684. The van der Waals surface area contributed by atoms with Crippen LogP contribution in [0, 0.1) is 11.7 Å². The predicted molar refractivity (Wildman–Crippen MR) is 99.8 cm³/mol. The number of carbonyl (C=O) groups is 1. The number of carbonyl (C=O) groups excluding carboxylic acids is 1. The highest BCUT2D eigenvalue weighted by Crippen LogP contribution is 2.24. The summed E-state index contributed by atoms with van der Waals surface area (Å²) in [6, 6.07) is 5.48. The van der Waals surface area contributed by atoms with Crippen molar-refractivity contribution in [2.75, 3.05) is 33.3 Å². The van der Waals surface area contributed by atoms with Crippen molar-refractivity contribution in [3.8, 4) is 5.75 Å². The van der Waals surface area contributed by atoms with Crippen LogP contribution in [0.2, 0.25) is 0 Å². The highest BCUT2D eigenvalue weighted by atomic mass is 19.1. The van der Waals surface area contributed by atoms with Crippen LogP contribution >= 0.6 is 0 Å². The van der Waals surface area contributed by atoms with Gasteiger partial charge in [-0.1, -0.05) is 25.8 Å². The molecule has 1 aliphatic carbocycles. The zero-order chi connectivity index (χ0) is 18.5. The normalized spacial score (nSPS) is 24.3. The minimum atomic E-state index is -0.329. The second-order valence-corrected chi connectivity index (χ2v) is 7.55. The molecule has 2 atom stereocenters. The molecular formula is C20H30FN3O2. The zero-order valence-electron chi connectivity index (χ0n) is 15.8. The Labute approximate surface area is 155 Å². The third-order valence-corrected chi connectivity index (χ3v) is 5.70. The number of methoxy groups -OCH3 is 1. The highest BCUT2D eigenvalue weighted by molar-refractivity contribution is 5.74. The van der Waals surface area contributed by atoms with E-state index >= 15 is 0 Å². The van der Waals surface area contributed by atoms with Crippen LogP contribution in [0.15, 0.2) is 18.2 Å². The molecular weight excluding hydrogens is 333 g/mol. The lowest BCUT2D eigenvalue weighted by Crippen LogP contribution is -2.54. The van der Waals surface area contributed by atoms with Gasteiger partial charge >= 0.3 is 6.03 Å². The fourth-order valence-corrected chi connectivity index (χ4v) is 3.96. The number of piperazine rings is 1. The summed E-state index contributed by atoms with van der Waals surface area (Å²) in [5, 5.41) is 3.23. The molecule has 26 heavy (non-hydrogen) atoms. The van der Waals surface area contributed by atoms with Gasteiger partial charge in [0.1, 0.15) is 0 Å². The summed E-state index contributed by atoms with van der Waals surface area (Å²) in [6.07, 6.45) is 4.78. The number of benzene rings is 1. The number of halogens is 1. The number of ether oxygens (including phenoxy) is 1. The summed E-state index contributed by atoms with van der Waals surface area (Å²) in [5.41, 5.74) is 0.928. The van der Waals surface area contributed by atoms with Crippen LogP contribution in [0.4, 0.5) is 9.18 Å². The Balaban J connectivity index is 1.46. The van der Waals surface area contributed by atoms with Crippen molar-refractivity contribution in [1.29, 1.82) is 0 Å². The van der Waals surface area contributed by atoms with Crippen molar-refractivity contribution < 1.29 is 13.9 Å². The Morgan fingerprint density at radius 1 is 1.23 bits per heavy atom. The van der Waals surface area contributed by atoms with Crippen molar-refractivity contribution >= 4 is 6.03 Å². The number of nitrogens with zero attached hydrogens (tertiary/aromatic N) is 2. The molecule has 0 bridgehead atoms. The van der Waals surface area contributed by atoms with Gasteiger partial charge in [-0.3, -0.25) is 4.90 Å². The van der Waals surface area contributed by atoms with Crippen LogP contribution in [0.3, 0.4) is 0 Å². The molecule has 2 amide bonds. The van der Waals surface area contributed by atoms with Gasteiger partial charge in [-0.15, -0.1) is 0 Å². The van der Waals surface area contributed by atoms with Crippen LogP contribution in [-0.2, 0) is 6.54 Å². The van der Waals surface area contributed by atoms with Crippen molar-refractivity contribution in [2.24, 2.45) is 5.92 Å². The fraction of sp³-hybridized carbons (Fsp3) is 0.650. The number of nitrogens with one attached hydrogen (secondary N) is 1. The maximum absolute atomic E-state index is 13.8. The number of rotatable bonds is 4. The van der Waals surface area contributed by atoms with E-state index in [4.69, 9.17) is 4.74 Å². The van der Waals surface area contributed by atoms with Crippen molar-refractivity contribution in [2.45, 2.75) is 45.2 Å². The van der Waals surface area contributed by atoms with Crippen molar-refractivity contribution in [1.82, 2.24) is 15.1 Å². The Kier molecular flexibility index (Phi) is 6.35. The summed E-state index contributed by atoms with van der Waals surface area (Å²) in [6.45, 7) is 5.96. The molecule has 1 N–H and O–H groups in total. The summed E-state index contributed by atoms with van der Waals surface area (Å²) >= 11 is 0. The Hall–Kier alpha value is -1.82. The molecule has 2 aliphatic rings. The number of hydrogen-bond donors (Lipinski definition) is 1. The molecule has 3 rings (SSSR count). The van der Waals surface area contributed by atoms with Crippen LogP contribution < -0.4 is 10.1 Å². The SMILES string of the molecule is COc1ccc(CN2CCN(C(=O)NC3CCCCC3C)CC2)cc1F. The van der Waals surface area contributed by atoms with Crippen LogP contribution in [0.5, 0.6) is 5.75 Å². The highest BCUT2D eigenvalue weighted by Gasteiger charge is 2.27. The molecule has 1 saturated heterocycles. The Bertz CT molecular complexity index is 617. The molecule has 0 radical (unpaired) electrons. The quantitative estimate of drug-likeness (QED) is 0.893. The van der Waals surface area contributed by atoms with E-state index < -0.39 is 0 Å². The van der Waals surface area contributed by atoms with Gasteiger partial charge in [-0.2, -0.15) is 0 Å². The summed E-state index contributed by atoms with van der Waals surface area (Å²) in [5.74, 6) is 0.510. The molecule has 2 fully saturated rings. The van der Waals surface area contributed by atoms with E-state index in [1.165, 1.54) is 32.4 Å². The third kappa shape index (κ3) is 4.67. The van der Waals surface area contributed by atoms with E-state index in [9.17, 15) is 9.18 Å². The molecule has 0 spiro atoms. The fourth-order valence-electron chi connectivity index (χ4n) is 3.96. The predicted octanol–water partition coefficient (Wildman–Crippen LogP) is 3.24. The van der Waals surface area contributed by atoms with Gasteiger partial charge in [-0.25, -0.2) is 9.18 Å². The maximum Gasteiger partial charge on any atom is 0.317 e.